The van der Waals surface area contributed by atoms with Gasteiger partial charge < -0.3 is 59.7 Å². The summed E-state index contributed by atoms with van der Waals surface area (Å²) in [7, 11) is 0. The largest absolute Gasteiger partial charge is 0.461 e. The van der Waals surface area contributed by atoms with Gasteiger partial charge in [0, 0.05) is 144 Å². The number of benzene rings is 1. The van der Waals surface area contributed by atoms with Crippen LogP contribution in [0.15, 0.2) is 18.2 Å². The first-order valence-electron chi connectivity index (χ1n) is 43.4. The van der Waals surface area contributed by atoms with Gasteiger partial charge in [0.05, 0.1) is 0 Å². The third kappa shape index (κ3) is 21.8. The molecule has 0 amide bonds. The van der Waals surface area contributed by atoms with Gasteiger partial charge in [0.1, 0.15) is 36.6 Å². The number of carbonyl (C=O) groups is 6. The quantitative estimate of drug-likeness (QED) is 0.0216. The molecule has 1 aromatic carbocycles. The fourth-order valence-corrected chi connectivity index (χ4v) is 21.0. The molecule has 0 aliphatic carbocycles. The average Bonchev–Trinajstić information content (AvgIpc) is 0.784. The second-order valence-corrected chi connectivity index (χ2v) is 43.5. The normalized spacial score (nSPS) is 25.4. The Kier molecular flexibility index (Phi) is 30.3. The Hall–Kier alpha value is -4.44. The molecule has 114 heavy (non-hydrogen) atoms. The van der Waals surface area contributed by atoms with E-state index in [1.165, 1.54) is 30.4 Å². The van der Waals surface area contributed by atoms with E-state index in [2.05, 4.69) is 12.1 Å². The van der Waals surface area contributed by atoms with Crippen LogP contribution in [0.4, 0.5) is 0 Å². The molecule has 0 spiro atoms. The van der Waals surface area contributed by atoms with Crippen molar-refractivity contribution < 1.29 is 88.4 Å². The van der Waals surface area contributed by atoms with E-state index in [1.807, 2.05) is 193 Å². The Morgan fingerprint density at radius 1 is 0.316 bits per heavy atom. The molecule has 654 valence electrons. The summed E-state index contributed by atoms with van der Waals surface area (Å²) >= 11 is 0. The Morgan fingerprint density at radius 3 is 0.798 bits per heavy atom. The summed E-state index contributed by atoms with van der Waals surface area (Å²) in [5.74, 6) is -4.10. The van der Waals surface area contributed by atoms with Crippen LogP contribution < -0.4 is 0 Å². The average molecular weight is 1610 g/mol. The van der Waals surface area contributed by atoms with Gasteiger partial charge in [0.2, 0.25) is 0 Å². The van der Waals surface area contributed by atoms with Crippen LogP contribution in [0.3, 0.4) is 0 Å². The number of aryl methyl sites for hydroxylation is 3. The van der Waals surface area contributed by atoms with Crippen molar-refractivity contribution in [1.29, 1.82) is 0 Å². The number of unbranched alkanes of at least 4 members (excludes halogenated alkanes) is 3. The van der Waals surface area contributed by atoms with Crippen molar-refractivity contribution in [3.05, 3.63) is 34.9 Å². The lowest BCUT2D eigenvalue weighted by Gasteiger charge is -2.51. The molecule has 0 saturated carbocycles. The van der Waals surface area contributed by atoms with Crippen LogP contribution in [-0.4, -0.2) is 202 Å². The number of nitrogens with zero attached hydrogens (tertiary/aromatic N) is 6. The molecule has 0 radical (unpaired) electrons. The number of rotatable bonds is 33. The number of hydrogen-bond donors (Lipinski definition) is 6. The van der Waals surface area contributed by atoms with Crippen LogP contribution in [0.25, 0.3) is 0 Å². The van der Waals surface area contributed by atoms with Gasteiger partial charge in [-0.25, -0.2) is 0 Å². The van der Waals surface area contributed by atoms with E-state index in [1.54, 1.807) is 0 Å². The summed E-state index contributed by atoms with van der Waals surface area (Å²) in [6.07, 6.45) is 5.29. The van der Waals surface area contributed by atoms with E-state index >= 15 is 28.8 Å². The number of ether oxygens (including phenoxy) is 6. The molecule has 24 nitrogen and oxygen atoms in total. The number of esters is 6. The molecule has 6 aliphatic heterocycles. The second-order valence-electron chi connectivity index (χ2n) is 43.5. The van der Waals surface area contributed by atoms with E-state index in [0.717, 1.165) is 16.7 Å². The van der Waals surface area contributed by atoms with Crippen molar-refractivity contribution in [2.24, 2.45) is 21.7 Å². The molecule has 0 aromatic heterocycles. The lowest BCUT2D eigenvalue weighted by Crippen LogP contribution is -2.61. The lowest BCUT2D eigenvalue weighted by molar-refractivity contribution is -0.263. The van der Waals surface area contributed by atoms with Crippen molar-refractivity contribution in [3.8, 4) is 0 Å². The summed E-state index contributed by atoms with van der Waals surface area (Å²) in [5, 5.41) is 76.2. The number of hydroxylamine groups is 12. The van der Waals surface area contributed by atoms with Gasteiger partial charge >= 0.3 is 35.8 Å². The van der Waals surface area contributed by atoms with E-state index in [0.29, 0.717) is 141 Å². The number of piperidine rings is 6. The second kappa shape index (κ2) is 35.7. The van der Waals surface area contributed by atoms with E-state index in [-0.39, 0.29) is 51.5 Å². The Bertz CT molecular complexity index is 3280. The molecular weight excluding hydrogens is 1450 g/mol. The number of carbonyl (C=O) groups excluding carboxylic acids is 6. The van der Waals surface area contributed by atoms with Crippen LogP contribution in [-0.2, 0) is 76.5 Å². The molecule has 24 heteroatoms. The van der Waals surface area contributed by atoms with Crippen LogP contribution in [0.5, 0.6) is 0 Å². The molecule has 2 atom stereocenters. The molecule has 6 heterocycles. The molecule has 1 aromatic rings. The monoisotopic (exact) mass is 1610 g/mol. The van der Waals surface area contributed by atoms with Gasteiger partial charge in [-0.05, 0) is 246 Å². The third-order valence-corrected chi connectivity index (χ3v) is 27.1. The first kappa shape index (κ1) is 96.7. The van der Waals surface area contributed by atoms with Gasteiger partial charge in [0.25, 0.3) is 0 Å². The topological polar surface area (TPSA) is 299 Å². The molecular formula is C90H156N6O18. The summed E-state index contributed by atoms with van der Waals surface area (Å²) < 4.78 is 39.9. The van der Waals surface area contributed by atoms with Gasteiger partial charge in [-0.2, -0.15) is 30.4 Å². The summed E-state index contributed by atoms with van der Waals surface area (Å²) in [6, 6.07) is 6.20. The SMILES string of the molecule is CCCCC(CCCc1ccc(CCCC(CCCC)(C(=O)OC2CC(C)(C)N(O)C(C)(C)C2)C(=O)OC2CC(C)(C)N(O)CC2(C)C)c(CCCC(CCCC)(C(=O)OC2CC(C)(C)N(O)C(C)(C)C2)C(=O)OC2CC(C)(C)N(O)C(C)(C)C2)c1)(C(=O)OC1CC(C)(C)N(O)C(C)(C)C1)C(=O)OC1CC(C)(C)N(O)C(C)(C)C1. The molecule has 6 saturated heterocycles. The fourth-order valence-electron chi connectivity index (χ4n) is 21.0. The van der Waals surface area contributed by atoms with Crippen LogP contribution >= 0.6 is 0 Å². The predicted octanol–water partition coefficient (Wildman–Crippen LogP) is 17.8. The molecule has 6 aliphatic rings. The summed E-state index contributed by atoms with van der Waals surface area (Å²) in [5.41, 5.74) is -12.0. The highest BCUT2D eigenvalue weighted by atomic mass is 16.6. The molecule has 6 fully saturated rings. The highest BCUT2D eigenvalue weighted by molar-refractivity contribution is 6.01. The van der Waals surface area contributed by atoms with Crippen molar-refractivity contribution in [2.75, 3.05) is 6.54 Å². The Balaban J connectivity index is 1.34. The standard InChI is InChI=1S/C90H156N6O18/c1-28-31-42-88(70(97)109-64-49-78(8,9)92(104)79(10,11)50-64,71(98)110-65-51-80(12,13)93(105)81(14,15)52-65)45-34-37-61-40-41-62(38-35-46-90(44-33-30-3,74(101)113-68-57-86(24,25)96(108)87(26,27)58-68)75(102)114-69-59-77(6,7)91(103)60-76(69,4)5)63(48-61)39-36-47-89(43-32-29-2,72(99)111-66-53-82(16,17)94(106)83(18,19)54-66)73(100)112-67-55-84(20,21)95(107)85(22,23)56-67/h40-41,48,64-69,103-108H,28-39,42-47,49-60H2,1-27H3. The minimum atomic E-state index is -1.80. The van der Waals surface area contributed by atoms with E-state index in [9.17, 15) is 31.2 Å². The molecule has 0 bridgehead atoms. The maximum Gasteiger partial charge on any atom is 0.323 e. The lowest BCUT2D eigenvalue weighted by atomic mass is 9.74. The highest BCUT2D eigenvalue weighted by Gasteiger charge is 2.59. The van der Waals surface area contributed by atoms with E-state index < -0.39 is 155 Å². The summed E-state index contributed by atoms with van der Waals surface area (Å²) in [4.78, 5) is 94.4. The Labute approximate surface area is 685 Å². The smallest absolute Gasteiger partial charge is 0.323 e. The fraction of sp³-hybridized carbons (Fsp3) is 0.867. The van der Waals surface area contributed by atoms with Crippen molar-refractivity contribution in [1.82, 2.24) is 30.4 Å². The molecule has 2 unspecified atom stereocenters. The van der Waals surface area contributed by atoms with Gasteiger partial charge in [-0.3, -0.25) is 28.8 Å². The first-order chi connectivity index (χ1) is 52.1. The van der Waals surface area contributed by atoms with Gasteiger partial charge in [0.15, 0.2) is 16.2 Å². The highest BCUT2D eigenvalue weighted by Crippen LogP contribution is 2.50. The van der Waals surface area contributed by atoms with Gasteiger partial charge in [-0.1, -0.05) is 91.3 Å². The van der Waals surface area contributed by atoms with Gasteiger partial charge in [-0.15, -0.1) is 0 Å². The summed E-state index contributed by atoms with van der Waals surface area (Å²) in [6.45, 7) is 51.9. The maximum atomic E-state index is 15.8. The van der Waals surface area contributed by atoms with Crippen molar-refractivity contribution in [3.63, 3.8) is 0 Å². The van der Waals surface area contributed by atoms with Crippen LogP contribution in [0.1, 0.15) is 371 Å². The zero-order valence-corrected chi connectivity index (χ0v) is 75.7. The third-order valence-electron chi connectivity index (χ3n) is 27.1. The minimum absolute atomic E-state index is 0.0240. The van der Waals surface area contributed by atoms with Crippen molar-refractivity contribution >= 4 is 35.8 Å². The zero-order valence-electron chi connectivity index (χ0n) is 75.7. The number of hydrogen-bond acceptors (Lipinski definition) is 24. The predicted molar refractivity (Wildman–Crippen MR) is 436 cm³/mol. The molecule has 7 rings (SSSR count). The molecule has 6 N–H and O–H groups in total. The Morgan fingerprint density at radius 2 is 0.544 bits per heavy atom. The van der Waals surface area contributed by atoms with Crippen LogP contribution in [0, 0.1) is 21.7 Å². The minimum Gasteiger partial charge on any atom is -0.461 e. The maximum absolute atomic E-state index is 15.8. The van der Waals surface area contributed by atoms with Crippen LogP contribution in [0.2, 0.25) is 0 Å². The first-order valence-corrected chi connectivity index (χ1v) is 43.4. The zero-order chi connectivity index (χ0) is 86.2. The van der Waals surface area contributed by atoms with E-state index in [4.69, 9.17) is 28.4 Å². The van der Waals surface area contributed by atoms with Crippen molar-refractivity contribution in [2.45, 2.75) is 471 Å².